The quantitative estimate of drug-likeness (QED) is 0.460. The van der Waals surface area contributed by atoms with Crippen molar-refractivity contribution < 1.29 is 4.39 Å². The molecule has 1 atom stereocenters. The lowest BCUT2D eigenvalue weighted by atomic mass is 10.0. The number of fused-ring (bicyclic) bond motifs is 2. The van der Waals surface area contributed by atoms with Crippen LogP contribution in [0.3, 0.4) is 0 Å². The maximum Gasteiger partial charge on any atom is 0.263 e. The fourth-order valence-corrected chi connectivity index (χ4v) is 3.91. The molecule has 0 spiro atoms. The largest absolute Gasteiger partial charge is 0.360 e. The lowest BCUT2D eigenvalue weighted by Gasteiger charge is -2.22. The highest BCUT2D eigenvalue weighted by Crippen LogP contribution is 2.26. The number of hydrogen-bond acceptors (Lipinski definition) is 6. The van der Waals surface area contributed by atoms with Gasteiger partial charge in [0, 0.05) is 23.8 Å². The summed E-state index contributed by atoms with van der Waals surface area (Å²) in [7, 11) is 0. The van der Waals surface area contributed by atoms with Gasteiger partial charge in [-0.1, -0.05) is 18.2 Å². The van der Waals surface area contributed by atoms with Crippen molar-refractivity contribution >= 4 is 27.8 Å². The molecule has 3 aromatic heterocycles. The number of nitrogens with one attached hydrogen (secondary N) is 1. The van der Waals surface area contributed by atoms with Crippen molar-refractivity contribution in [1.29, 1.82) is 0 Å². The van der Waals surface area contributed by atoms with Gasteiger partial charge in [0.15, 0.2) is 11.5 Å². The van der Waals surface area contributed by atoms with E-state index in [1.165, 1.54) is 18.5 Å². The van der Waals surface area contributed by atoms with Crippen LogP contribution < -0.4 is 10.9 Å². The Bertz CT molecular complexity index is 1510. The molecule has 0 unspecified atom stereocenters. The van der Waals surface area contributed by atoms with Crippen molar-refractivity contribution in [3.05, 3.63) is 94.7 Å². The molecule has 0 fully saturated rings. The van der Waals surface area contributed by atoms with Gasteiger partial charge >= 0.3 is 0 Å². The minimum atomic E-state index is -0.363. The minimum Gasteiger partial charge on any atom is -0.360 e. The molecule has 0 amide bonds. The van der Waals surface area contributed by atoms with Crippen molar-refractivity contribution in [3.63, 3.8) is 0 Å². The molecule has 2 aromatic carbocycles. The Labute approximate surface area is 182 Å². The van der Waals surface area contributed by atoms with Crippen LogP contribution in [0, 0.1) is 12.7 Å². The second kappa shape index (κ2) is 7.81. The Morgan fingerprint density at radius 2 is 1.78 bits per heavy atom. The monoisotopic (exact) mass is 426 g/mol. The molecule has 3 heterocycles. The Kier molecular flexibility index (Phi) is 4.82. The molecule has 0 bridgehead atoms. The van der Waals surface area contributed by atoms with E-state index >= 15 is 0 Å². The number of rotatable bonds is 4. The molecule has 0 saturated heterocycles. The Morgan fingerprint density at radius 1 is 1.00 bits per heavy atom. The summed E-state index contributed by atoms with van der Waals surface area (Å²) in [6.45, 7) is 3.84. The Balaban J connectivity index is 1.71. The molecule has 5 aromatic rings. The molecule has 0 aliphatic rings. The van der Waals surface area contributed by atoms with E-state index < -0.39 is 0 Å². The van der Waals surface area contributed by atoms with Crippen molar-refractivity contribution in [2.24, 2.45) is 0 Å². The van der Waals surface area contributed by atoms with E-state index in [1.807, 2.05) is 38.1 Å². The lowest BCUT2D eigenvalue weighted by molar-refractivity contribution is 0.627. The van der Waals surface area contributed by atoms with Gasteiger partial charge in [-0.15, -0.1) is 0 Å². The van der Waals surface area contributed by atoms with Gasteiger partial charge in [-0.05, 0) is 55.1 Å². The number of aromatic nitrogens is 5. The summed E-state index contributed by atoms with van der Waals surface area (Å²) in [4.78, 5) is 30.6. The second-order valence-corrected chi connectivity index (χ2v) is 7.54. The summed E-state index contributed by atoms with van der Waals surface area (Å²) < 4.78 is 15.2. The maximum absolute atomic E-state index is 13.6. The molecule has 158 valence electrons. The molecular weight excluding hydrogens is 407 g/mol. The van der Waals surface area contributed by atoms with Gasteiger partial charge in [0.05, 0.1) is 11.4 Å². The zero-order chi connectivity index (χ0) is 22.2. The minimum absolute atomic E-state index is 0.164. The van der Waals surface area contributed by atoms with E-state index in [4.69, 9.17) is 0 Å². The number of halogens is 1. The zero-order valence-electron chi connectivity index (χ0n) is 17.5. The number of aryl methyl sites for hydroxylation is 1. The van der Waals surface area contributed by atoms with Crippen LogP contribution in [0.4, 0.5) is 10.2 Å². The van der Waals surface area contributed by atoms with Crippen LogP contribution in [0.15, 0.2) is 72.0 Å². The smallest absolute Gasteiger partial charge is 0.263 e. The van der Waals surface area contributed by atoms with E-state index in [0.717, 1.165) is 10.9 Å². The van der Waals surface area contributed by atoms with Gasteiger partial charge in [0.25, 0.3) is 5.56 Å². The standard InChI is InChI=1S/C24H19FN6O/c1-14-4-3-5-16-12-19(31(24(32)20(14)16)18-8-6-17(25)7-9-18)15(2)30-23-21-22(28-13-29-23)27-11-10-26-21/h3-13,15H,1-2H3,(H,27,28,29,30)/t15-/m0/s1. The molecule has 32 heavy (non-hydrogen) atoms. The van der Waals surface area contributed by atoms with Crippen LogP contribution >= 0.6 is 0 Å². The van der Waals surface area contributed by atoms with Crippen LogP contribution in [0.5, 0.6) is 0 Å². The summed E-state index contributed by atoms with van der Waals surface area (Å²) in [5, 5.41) is 4.81. The molecule has 1 N–H and O–H groups in total. The van der Waals surface area contributed by atoms with Gasteiger partial charge in [-0.3, -0.25) is 9.36 Å². The predicted octanol–water partition coefficient (Wildman–Crippen LogP) is 4.34. The van der Waals surface area contributed by atoms with Crippen LogP contribution in [0.2, 0.25) is 0 Å². The van der Waals surface area contributed by atoms with E-state index in [1.54, 1.807) is 29.1 Å². The molecule has 8 heteroatoms. The van der Waals surface area contributed by atoms with E-state index in [2.05, 4.69) is 25.3 Å². The predicted molar refractivity (Wildman–Crippen MR) is 121 cm³/mol. The highest BCUT2D eigenvalue weighted by Gasteiger charge is 2.19. The van der Waals surface area contributed by atoms with Gasteiger partial charge in [0.1, 0.15) is 17.7 Å². The van der Waals surface area contributed by atoms with E-state index in [-0.39, 0.29) is 17.4 Å². The summed E-state index contributed by atoms with van der Waals surface area (Å²) in [5.41, 5.74) is 3.01. The SMILES string of the molecule is Cc1cccc2cc([C@H](C)Nc3ncnc4nccnc34)n(-c3ccc(F)cc3)c(=O)c12. The number of pyridine rings is 1. The zero-order valence-corrected chi connectivity index (χ0v) is 17.5. The maximum atomic E-state index is 13.6. The Hall–Kier alpha value is -4.20. The van der Waals surface area contributed by atoms with Crippen molar-refractivity contribution in [2.75, 3.05) is 5.32 Å². The average Bonchev–Trinajstić information content (AvgIpc) is 2.80. The summed E-state index contributed by atoms with van der Waals surface area (Å²) >= 11 is 0. The van der Waals surface area contributed by atoms with Crippen LogP contribution in [0.1, 0.15) is 24.2 Å². The van der Waals surface area contributed by atoms with Crippen molar-refractivity contribution in [2.45, 2.75) is 19.9 Å². The molecule has 5 rings (SSSR count). The first kappa shape index (κ1) is 19.7. The lowest BCUT2D eigenvalue weighted by Crippen LogP contribution is -2.26. The number of benzene rings is 2. The molecule has 7 nitrogen and oxygen atoms in total. The number of nitrogens with zero attached hydrogens (tertiary/aromatic N) is 5. The first-order valence-corrected chi connectivity index (χ1v) is 10.1. The van der Waals surface area contributed by atoms with E-state index in [0.29, 0.717) is 33.7 Å². The van der Waals surface area contributed by atoms with Gasteiger partial charge < -0.3 is 5.32 Å². The van der Waals surface area contributed by atoms with Crippen molar-refractivity contribution in [1.82, 2.24) is 24.5 Å². The van der Waals surface area contributed by atoms with Gasteiger partial charge in [0.2, 0.25) is 0 Å². The highest BCUT2D eigenvalue weighted by atomic mass is 19.1. The normalized spacial score (nSPS) is 12.2. The first-order chi connectivity index (χ1) is 15.5. The molecule has 0 saturated carbocycles. The highest BCUT2D eigenvalue weighted by molar-refractivity contribution is 5.86. The third-order valence-corrected chi connectivity index (χ3v) is 5.44. The number of hydrogen-bond donors (Lipinski definition) is 1. The Morgan fingerprint density at radius 3 is 2.59 bits per heavy atom. The summed E-state index contributed by atoms with van der Waals surface area (Å²) in [6.07, 6.45) is 4.57. The molecular formula is C24H19FN6O. The first-order valence-electron chi connectivity index (χ1n) is 10.1. The average molecular weight is 426 g/mol. The second-order valence-electron chi connectivity index (χ2n) is 7.54. The van der Waals surface area contributed by atoms with Crippen LogP contribution in [0.25, 0.3) is 27.6 Å². The number of anilines is 1. The topological polar surface area (TPSA) is 85.6 Å². The molecule has 0 aliphatic heterocycles. The van der Waals surface area contributed by atoms with Gasteiger partial charge in [-0.25, -0.2) is 24.3 Å². The third-order valence-electron chi connectivity index (χ3n) is 5.44. The van der Waals surface area contributed by atoms with E-state index in [9.17, 15) is 9.18 Å². The summed E-state index contributed by atoms with van der Waals surface area (Å²) in [6, 6.07) is 13.3. The van der Waals surface area contributed by atoms with Gasteiger partial charge in [-0.2, -0.15) is 0 Å². The van der Waals surface area contributed by atoms with Crippen LogP contribution in [-0.4, -0.2) is 24.5 Å². The summed E-state index contributed by atoms with van der Waals surface area (Å²) in [5.74, 6) is 0.149. The third kappa shape index (κ3) is 3.35. The van der Waals surface area contributed by atoms with Crippen molar-refractivity contribution in [3.8, 4) is 5.69 Å². The fourth-order valence-electron chi connectivity index (χ4n) is 3.91. The fraction of sp³-hybridized carbons (Fsp3) is 0.125. The molecule has 0 aliphatic carbocycles. The molecule has 0 radical (unpaired) electrons. The van der Waals surface area contributed by atoms with Crippen LogP contribution in [-0.2, 0) is 0 Å².